The first-order valence-corrected chi connectivity index (χ1v) is 23.2. The SMILES string of the molecule is CCCCCC/C=C/CCCCCCCC(=O)O[C@H](COC(=O)CCCCCCCCCCC)COC(=O)CCCCCCCCCCCCCCC. The summed E-state index contributed by atoms with van der Waals surface area (Å²) in [6.45, 7) is 6.61. The molecule has 0 aromatic rings. The highest BCUT2D eigenvalue weighted by atomic mass is 16.6. The minimum atomic E-state index is -0.765. The zero-order valence-corrected chi connectivity index (χ0v) is 35.6. The van der Waals surface area contributed by atoms with Gasteiger partial charge in [0.2, 0.25) is 0 Å². The second-order valence-electron chi connectivity index (χ2n) is 15.7. The number of unbranched alkanes of at least 4 members (excludes halogenated alkanes) is 29. The zero-order chi connectivity index (χ0) is 38.7. The van der Waals surface area contributed by atoms with Crippen LogP contribution < -0.4 is 0 Å². The molecule has 0 aromatic carbocycles. The third-order valence-electron chi connectivity index (χ3n) is 10.3. The van der Waals surface area contributed by atoms with Gasteiger partial charge in [0.05, 0.1) is 0 Å². The molecule has 0 bridgehead atoms. The Morgan fingerprint density at radius 2 is 0.623 bits per heavy atom. The minimum absolute atomic E-state index is 0.0690. The molecule has 0 aliphatic heterocycles. The van der Waals surface area contributed by atoms with E-state index >= 15 is 0 Å². The topological polar surface area (TPSA) is 78.9 Å². The van der Waals surface area contributed by atoms with E-state index < -0.39 is 6.10 Å². The van der Waals surface area contributed by atoms with Gasteiger partial charge in [0.15, 0.2) is 6.10 Å². The normalized spacial score (nSPS) is 12.0. The van der Waals surface area contributed by atoms with Crippen LogP contribution in [0.1, 0.15) is 252 Å². The first-order chi connectivity index (χ1) is 26.0. The average Bonchev–Trinajstić information content (AvgIpc) is 3.15. The lowest BCUT2D eigenvalue weighted by Gasteiger charge is -2.18. The van der Waals surface area contributed by atoms with Crippen LogP contribution in [0.2, 0.25) is 0 Å². The van der Waals surface area contributed by atoms with Gasteiger partial charge >= 0.3 is 17.9 Å². The molecule has 0 unspecified atom stereocenters. The fraction of sp³-hybridized carbons (Fsp3) is 0.894. The highest BCUT2D eigenvalue weighted by Crippen LogP contribution is 2.15. The molecule has 0 rings (SSSR count). The molecule has 0 spiro atoms. The molecule has 0 saturated carbocycles. The summed E-state index contributed by atoms with van der Waals surface area (Å²) in [6.07, 6.45) is 44.7. The van der Waals surface area contributed by atoms with Gasteiger partial charge in [-0.25, -0.2) is 0 Å². The number of ether oxygens (including phenoxy) is 3. The van der Waals surface area contributed by atoms with E-state index in [-0.39, 0.29) is 31.1 Å². The number of carbonyl (C=O) groups excluding carboxylic acids is 3. The molecular formula is C47H88O6. The number of carbonyl (C=O) groups is 3. The lowest BCUT2D eigenvalue weighted by molar-refractivity contribution is -0.167. The van der Waals surface area contributed by atoms with Crippen LogP contribution in [-0.2, 0) is 28.6 Å². The Morgan fingerprint density at radius 3 is 0.962 bits per heavy atom. The quantitative estimate of drug-likeness (QED) is 0.0268. The van der Waals surface area contributed by atoms with Crippen LogP contribution >= 0.6 is 0 Å². The Hall–Kier alpha value is -1.85. The maximum absolute atomic E-state index is 12.7. The summed E-state index contributed by atoms with van der Waals surface area (Å²) in [7, 11) is 0. The molecule has 0 saturated heterocycles. The van der Waals surface area contributed by atoms with Crippen molar-refractivity contribution >= 4 is 17.9 Å². The van der Waals surface area contributed by atoms with Gasteiger partial charge in [0.25, 0.3) is 0 Å². The summed E-state index contributed by atoms with van der Waals surface area (Å²) in [5.41, 5.74) is 0. The van der Waals surface area contributed by atoms with Gasteiger partial charge in [-0.05, 0) is 44.9 Å². The Morgan fingerprint density at radius 1 is 0.358 bits per heavy atom. The lowest BCUT2D eigenvalue weighted by atomic mass is 10.0. The standard InChI is InChI=1S/C47H88O6/c1-4-7-10-13-16-19-21-23-25-28-31-34-37-40-46(49)52-43-44(42-51-45(48)39-36-33-30-27-18-15-12-9-6-3)53-47(50)41-38-35-32-29-26-24-22-20-17-14-11-8-5-2/h20,22,44H,4-19,21,23-43H2,1-3H3/b22-20+/t44-/m1/s1. The predicted molar refractivity (Wildman–Crippen MR) is 224 cm³/mol. The molecule has 0 radical (unpaired) electrons. The van der Waals surface area contributed by atoms with Crippen molar-refractivity contribution in [3.05, 3.63) is 12.2 Å². The first kappa shape index (κ1) is 51.1. The van der Waals surface area contributed by atoms with Gasteiger partial charge in [-0.2, -0.15) is 0 Å². The van der Waals surface area contributed by atoms with Crippen molar-refractivity contribution in [1.82, 2.24) is 0 Å². The van der Waals surface area contributed by atoms with Gasteiger partial charge in [-0.3, -0.25) is 14.4 Å². The Kier molecular flexibility index (Phi) is 41.4. The van der Waals surface area contributed by atoms with Gasteiger partial charge in [-0.1, -0.05) is 200 Å². The second-order valence-corrected chi connectivity index (χ2v) is 15.7. The van der Waals surface area contributed by atoms with E-state index in [2.05, 4.69) is 32.9 Å². The van der Waals surface area contributed by atoms with E-state index in [9.17, 15) is 14.4 Å². The lowest BCUT2D eigenvalue weighted by Crippen LogP contribution is -2.30. The smallest absolute Gasteiger partial charge is 0.306 e. The number of hydrogen-bond donors (Lipinski definition) is 0. The molecule has 6 nitrogen and oxygen atoms in total. The van der Waals surface area contributed by atoms with Gasteiger partial charge in [-0.15, -0.1) is 0 Å². The van der Waals surface area contributed by atoms with Crippen molar-refractivity contribution < 1.29 is 28.6 Å². The number of esters is 3. The second kappa shape index (κ2) is 42.9. The molecular weight excluding hydrogens is 661 g/mol. The van der Waals surface area contributed by atoms with Gasteiger partial charge < -0.3 is 14.2 Å². The molecule has 312 valence electrons. The Balaban J connectivity index is 4.33. The van der Waals surface area contributed by atoms with E-state index in [0.717, 1.165) is 64.2 Å². The molecule has 0 fully saturated rings. The van der Waals surface area contributed by atoms with Crippen LogP contribution in [0.15, 0.2) is 12.2 Å². The average molecular weight is 749 g/mol. The monoisotopic (exact) mass is 749 g/mol. The van der Waals surface area contributed by atoms with Crippen LogP contribution in [-0.4, -0.2) is 37.2 Å². The van der Waals surface area contributed by atoms with Crippen LogP contribution in [0, 0.1) is 0 Å². The van der Waals surface area contributed by atoms with E-state index in [4.69, 9.17) is 14.2 Å². The van der Waals surface area contributed by atoms with E-state index in [1.807, 2.05) is 0 Å². The number of allylic oxidation sites excluding steroid dienone is 2. The third-order valence-corrected chi connectivity index (χ3v) is 10.3. The minimum Gasteiger partial charge on any atom is -0.462 e. The van der Waals surface area contributed by atoms with Crippen LogP contribution in [0.3, 0.4) is 0 Å². The molecule has 0 aliphatic carbocycles. The maximum Gasteiger partial charge on any atom is 0.306 e. The van der Waals surface area contributed by atoms with Crippen LogP contribution in [0.25, 0.3) is 0 Å². The Bertz CT molecular complexity index is 824. The highest BCUT2D eigenvalue weighted by molar-refractivity contribution is 5.71. The summed E-state index contributed by atoms with van der Waals surface area (Å²) in [5, 5.41) is 0. The van der Waals surface area contributed by atoms with E-state index in [1.165, 1.54) is 148 Å². The molecule has 6 heteroatoms. The van der Waals surface area contributed by atoms with Crippen molar-refractivity contribution in [2.75, 3.05) is 13.2 Å². The van der Waals surface area contributed by atoms with Crippen molar-refractivity contribution in [2.24, 2.45) is 0 Å². The van der Waals surface area contributed by atoms with Crippen LogP contribution in [0.4, 0.5) is 0 Å². The highest BCUT2D eigenvalue weighted by Gasteiger charge is 2.19. The number of rotatable bonds is 42. The summed E-state index contributed by atoms with van der Waals surface area (Å²) < 4.78 is 16.7. The maximum atomic E-state index is 12.7. The van der Waals surface area contributed by atoms with E-state index in [0.29, 0.717) is 19.3 Å². The number of hydrogen-bond acceptors (Lipinski definition) is 6. The molecule has 0 aliphatic rings. The third kappa shape index (κ3) is 41.2. The first-order valence-electron chi connectivity index (χ1n) is 23.2. The van der Waals surface area contributed by atoms with E-state index in [1.54, 1.807) is 0 Å². The zero-order valence-electron chi connectivity index (χ0n) is 35.6. The summed E-state index contributed by atoms with van der Waals surface area (Å²) >= 11 is 0. The fourth-order valence-electron chi connectivity index (χ4n) is 6.73. The summed E-state index contributed by atoms with van der Waals surface area (Å²) in [5.74, 6) is -0.872. The van der Waals surface area contributed by atoms with Crippen molar-refractivity contribution in [2.45, 2.75) is 258 Å². The van der Waals surface area contributed by atoms with Crippen molar-refractivity contribution in [1.29, 1.82) is 0 Å². The molecule has 0 amide bonds. The van der Waals surface area contributed by atoms with Crippen LogP contribution in [0.5, 0.6) is 0 Å². The van der Waals surface area contributed by atoms with Crippen molar-refractivity contribution in [3.8, 4) is 0 Å². The molecule has 53 heavy (non-hydrogen) atoms. The Labute approximate surface area is 329 Å². The summed E-state index contributed by atoms with van der Waals surface area (Å²) in [6, 6.07) is 0. The molecule has 1 atom stereocenters. The van der Waals surface area contributed by atoms with Crippen molar-refractivity contribution in [3.63, 3.8) is 0 Å². The van der Waals surface area contributed by atoms with Gasteiger partial charge in [0, 0.05) is 19.3 Å². The largest absolute Gasteiger partial charge is 0.462 e. The molecule has 0 aromatic heterocycles. The van der Waals surface area contributed by atoms with Gasteiger partial charge in [0.1, 0.15) is 13.2 Å². The predicted octanol–water partition coefficient (Wildman–Crippen LogP) is 14.6. The summed E-state index contributed by atoms with van der Waals surface area (Å²) in [4.78, 5) is 37.7. The fourth-order valence-corrected chi connectivity index (χ4v) is 6.73. The molecule has 0 heterocycles. The molecule has 0 N–H and O–H groups in total.